The first-order valence-electron chi connectivity index (χ1n) is 7.26. The van der Waals surface area contributed by atoms with Gasteiger partial charge in [-0.05, 0) is 31.4 Å². The Morgan fingerprint density at radius 1 is 1.32 bits per heavy atom. The first-order chi connectivity index (χ1) is 9.10. The maximum absolute atomic E-state index is 13.7. The van der Waals surface area contributed by atoms with E-state index in [1.165, 1.54) is 18.9 Å². The molecule has 1 aromatic rings. The summed E-state index contributed by atoms with van der Waals surface area (Å²) in [6.07, 6.45) is 4.66. The van der Waals surface area contributed by atoms with Crippen molar-refractivity contribution in [1.82, 2.24) is 0 Å². The van der Waals surface area contributed by atoms with Gasteiger partial charge in [0, 0.05) is 11.6 Å². The van der Waals surface area contributed by atoms with Crippen LogP contribution in [0, 0.1) is 11.7 Å². The van der Waals surface area contributed by atoms with Crippen LogP contribution in [0.25, 0.3) is 0 Å². The van der Waals surface area contributed by atoms with Gasteiger partial charge in [0.05, 0.1) is 6.61 Å². The fraction of sp³-hybridized carbons (Fsp3) is 0.625. The fourth-order valence-electron chi connectivity index (χ4n) is 2.19. The zero-order chi connectivity index (χ0) is 14.3. The first-order valence-corrected chi connectivity index (χ1v) is 7.26. The van der Waals surface area contributed by atoms with Gasteiger partial charge < -0.3 is 10.5 Å². The van der Waals surface area contributed by atoms with E-state index < -0.39 is 0 Å². The van der Waals surface area contributed by atoms with Crippen molar-refractivity contribution in [3.05, 3.63) is 29.6 Å². The van der Waals surface area contributed by atoms with Crippen molar-refractivity contribution in [3.8, 4) is 5.75 Å². The molecule has 0 heterocycles. The zero-order valence-electron chi connectivity index (χ0n) is 12.3. The Labute approximate surface area is 116 Å². The Morgan fingerprint density at radius 2 is 2.05 bits per heavy atom. The second-order valence-corrected chi connectivity index (χ2v) is 5.17. The fourth-order valence-corrected chi connectivity index (χ4v) is 2.19. The van der Waals surface area contributed by atoms with E-state index in [-0.39, 0.29) is 11.9 Å². The Balaban J connectivity index is 2.68. The van der Waals surface area contributed by atoms with E-state index in [9.17, 15) is 4.39 Å². The van der Waals surface area contributed by atoms with Crippen molar-refractivity contribution < 1.29 is 9.13 Å². The van der Waals surface area contributed by atoms with Crippen LogP contribution in [-0.2, 0) is 0 Å². The molecule has 0 aliphatic carbocycles. The molecule has 1 unspecified atom stereocenters. The van der Waals surface area contributed by atoms with Crippen molar-refractivity contribution >= 4 is 0 Å². The van der Waals surface area contributed by atoms with E-state index in [2.05, 4.69) is 13.8 Å². The van der Waals surface area contributed by atoms with Gasteiger partial charge in [-0.25, -0.2) is 4.39 Å². The van der Waals surface area contributed by atoms with Gasteiger partial charge in [0.15, 0.2) is 0 Å². The molecule has 2 nitrogen and oxygen atoms in total. The molecule has 0 aliphatic heterocycles. The molecule has 0 saturated heterocycles. The molecule has 2 N–H and O–H groups in total. The lowest BCUT2D eigenvalue weighted by Gasteiger charge is -2.19. The van der Waals surface area contributed by atoms with Crippen molar-refractivity contribution in [2.75, 3.05) is 6.61 Å². The van der Waals surface area contributed by atoms with E-state index in [0.29, 0.717) is 23.8 Å². The van der Waals surface area contributed by atoms with E-state index in [1.54, 1.807) is 19.1 Å². The van der Waals surface area contributed by atoms with Crippen LogP contribution in [-0.4, -0.2) is 6.61 Å². The van der Waals surface area contributed by atoms with Crippen LogP contribution in [0.3, 0.4) is 0 Å². The summed E-state index contributed by atoms with van der Waals surface area (Å²) >= 11 is 0. The van der Waals surface area contributed by atoms with Gasteiger partial charge in [0.2, 0.25) is 0 Å². The second-order valence-electron chi connectivity index (χ2n) is 5.17. The van der Waals surface area contributed by atoms with E-state index in [1.807, 2.05) is 0 Å². The number of benzene rings is 1. The molecule has 0 bridgehead atoms. The lowest BCUT2D eigenvalue weighted by atomic mass is 10.0. The summed E-state index contributed by atoms with van der Waals surface area (Å²) in [6, 6.07) is 4.55. The molecule has 108 valence electrons. The predicted octanol–water partition coefficient (Wildman–Crippen LogP) is 4.44. The number of ether oxygens (including phenoxy) is 1. The molecule has 0 aromatic heterocycles. The van der Waals surface area contributed by atoms with Crippen molar-refractivity contribution in [3.63, 3.8) is 0 Å². The first kappa shape index (κ1) is 16.0. The van der Waals surface area contributed by atoms with Gasteiger partial charge in [-0.1, -0.05) is 39.2 Å². The number of nitrogens with two attached hydrogens (primary N) is 1. The normalized spacial score (nSPS) is 14.2. The smallest absolute Gasteiger partial charge is 0.131 e. The minimum atomic E-state index is -0.355. The minimum Gasteiger partial charge on any atom is -0.493 e. The maximum atomic E-state index is 13.7. The molecule has 0 fully saturated rings. The average Bonchev–Trinajstić information content (AvgIpc) is 2.38. The summed E-state index contributed by atoms with van der Waals surface area (Å²) in [6.45, 7) is 6.77. The maximum Gasteiger partial charge on any atom is 0.131 e. The minimum absolute atomic E-state index is 0.283. The summed E-state index contributed by atoms with van der Waals surface area (Å²) in [5, 5.41) is 0. The molecule has 0 saturated carbocycles. The van der Waals surface area contributed by atoms with Gasteiger partial charge in [-0.3, -0.25) is 0 Å². The number of rotatable bonds is 8. The third kappa shape index (κ3) is 4.83. The van der Waals surface area contributed by atoms with E-state index in [0.717, 1.165) is 12.8 Å². The average molecular weight is 267 g/mol. The summed E-state index contributed by atoms with van der Waals surface area (Å²) in [5.41, 5.74) is 6.29. The molecule has 2 atom stereocenters. The SMILES string of the molecule is CCCCC(CC)COc1cccc(F)c1[C@@H](C)N. The van der Waals surface area contributed by atoms with Crippen LogP contribution < -0.4 is 10.5 Å². The Kier molecular flexibility index (Phi) is 6.85. The van der Waals surface area contributed by atoms with Crippen molar-refractivity contribution in [2.45, 2.75) is 52.5 Å². The largest absolute Gasteiger partial charge is 0.493 e. The van der Waals surface area contributed by atoms with Gasteiger partial charge in [0.1, 0.15) is 11.6 Å². The highest BCUT2D eigenvalue weighted by atomic mass is 19.1. The van der Waals surface area contributed by atoms with Crippen LogP contribution in [0.5, 0.6) is 5.75 Å². The number of unbranched alkanes of at least 4 members (excludes halogenated alkanes) is 1. The molecule has 0 aliphatic rings. The van der Waals surface area contributed by atoms with Crippen molar-refractivity contribution in [1.29, 1.82) is 0 Å². The van der Waals surface area contributed by atoms with Crippen LogP contribution in [0.4, 0.5) is 4.39 Å². The van der Waals surface area contributed by atoms with E-state index in [4.69, 9.17) is 10.5 Å². The highest BCUT2D eigenvalue weighted by Crippen LogP contribution is 2.27. The lowest BCUT2D eigenvalue weighted by molar-refractivity contribution is 0.229. The second kappa shape index (κ2) is 8.16. The third-order valence-corrected chi connectivity index (χ3v) is 3.49. The molecule has 0 spiro atoms. The summed E-state index contributed by atoms with van der Waals surface area (Å²) in [5.74, 6) is 0.836. The van der Waals surface area contributed by atoms with Gasteiger partial charge >= 0.3 is 0 Å². The monoisotopic (exact) mass is 267 g/mol. The third-order valence-electron chi connectivity index (χ3n) is 3.49. The molecule has 3 heteroatoms. The molecule has 1 aromatic carbocycles. The molecule has 19 heavy (non-hydrogen) atoms. The Bertz CT molecular complexity index is 379. The highest BCUT2D eigenvalue weighted by Gasteiger charge is 2.15. The number of halogens is 1. The zero-order valence-corrected chi connectivity index (χ0v) is 12.3. The van der Waals surface area contributed by atoms with Crippen LogP contribution in [0.2, 0.25) is 0 Å². The molecule has 0 radical (unpaired) electrons. The molecule has 0 amide bonds. The summed E-state index contributed by atoms with van der Waals surface area (Å²) in [4.78, 5) is 0. The Morgan fingerprint density at radius 3 is 2.63 bits per heavy atom. The number of hydrogen-bond donors (Lipinski definition) is 1. The topological polar surface area (TPSA) is 35.2 Å². The molecule has 1 rings (SSSR count). The predicted molar refractivity (Wildman–Crippen MR) is 77.8 cm³/mol. The summed E-state index contributed by atoms with van der Waals surface area (Å²) in [7, 11) is 0. The molecular formula is C16H26FNO. The van der Waals surface area contributed by atoms with Gasteiger partial charge in [0.25, 0.3) is 0 Å². The van der Waals surface area contributed by atoms with Crippen LogP contribution in [0.1, 0.15) is 58.1 Å². The lowest BCUT2D eigenvalue weighted by Crippen LogP contribution is -2.15. The highest BCUT2D eigenvalue weighted by molar-refractivity contribution is 5.36. The molecular weight excluding hydrogens is 241 g/mol. The van der Waals surface area contributed by atoms with Crippen LogP contribution in [0.15, 0.2) is 18.2 Å². The standard InChI is InChI=1S/C16H26FNO/c1-4-6-8-13(5-2)11-19-15-10-7-9-14(17)16(15)12(3)18/h7,9-10,12-13H,4-6,8,11,18H2,1-3H3/t12-,13?/m1/s1. The number of hydrogen-bond acceptors (Lipinski definition) is 2. The van der Waals surface area contributed by atoms with Gasteiger partial charge in [-0.2, -0.15) is 0 Å². The van der Waals surface area contributed by atoms with Crippen LogP contribution >= 0.6 is 0 Å². The quantitative estimate of drug-likeness (QED) is 0.755. The van der Waals surface area contributed by atoms with Gasteiger partial charge in [-0.15, -0.1) is 0 Å². The van der Waals surface area contributed by atoms with Crippen molar-refractivity contribution in [2.24, 2.45) is 11.7 Å². The summed E-state index contributed by atoms with van der Waals surface area (Å²) < 4.78 is 19.6. The Hall–Kier alpha value is -1.09. The van der Waals surface area contributed by atoms with E-state index >= 15 is 0 Å².